The second kappa shape index (κ2) is 6.36. The van der Waals surface area contributed by atoms with E-state index in [1.807, 2.05) is 23.5 Å². The molecule has 0 bridgehead atoms. The van der Waals surface area contributed by atoms with Gasteiger partial charge in [0.05, 0.1) is 12.5 Å². The minimum absolute atomic E-state index is 0.629. The van der Waals surface area contributed by atoms with E-state index in [-0.39, 0.29) is 0 Å². The van der Waals surface area contributed by atoms with Gasteiger partial charge < -0.3 is 10.1 Å². The molecule has 1 atom stereocenters. The zero-order valence-corrected chi connectivity index (χ0v) is 14.7. The molecule has 3 aromatic heterocycles. The highest BCUT2D eigenvalue weighted by Gasteiger charge is 2.22. The molecule has 0 spiro atoms. The maximum atomic E-state index is 5.19. The first kappa shape index (κ1) is 15.3. The zero-order chi connectivity index (χ0) is 16.5. The van der Waals surface area contributed by atoms with Crippen LogP contribution in [0.25, 0.3) is 10.2 Å². The van der Waals surface area contributed by atoms with Crippen LogP contribution < -0.4 is 10.1 Å². The molecule has 3 heterocycles. The fourth-order valence-electron chi connectivity index (χ4n) is 3.27. The Morgan fingerprint density at radius 3 is 3.12 bits per heavy atom. The molecule has 24 heavy (non-hydrogen) atoms. The van der Waals surface area contributed by atoms with Crippen LogP contribution in [-0.2, 0) is 19.4 Å². The minimum Gasteiger partial charge on any atom is -0.481 e. The van der Waals surface area contributed by atoms with E-state index in [2.05, 4.69) is 27.2 Å². The van der Waals surface area contributed by atoms with Crippen molar-refractivity contribution in [3.05, 3.63) is 40.7 Å². The first-order valence-corrected chi connectivity index (χ1v) is 9.04. The third-order valence-corrected chi connectivity index (χ3v) is 5.72. The Kier molecular flexibility index (Phi) is 4.06. The summed E-state index contributed by atoms with van der Waals surface area (Å²) in [4.78, 5) is 15.7. The minimum atomic E-state index is 0.629. The van der Waals surface area contributed by atoms with E-state index >= 15 is 0 Å². The fourth-order valence-corrected chi connectivity index (χ4v) is 4.62. The number of thiophene rings is 1. The van der Waals surface area contributed by atoms with Crippen molar-refractivity contribution in [2.45, 2.75) is 32.7 Å². The van der Waals surface area contributed by atoms with E-state index in [0.29, 0.717) is 12.4 Å². The summed E-state index contributed by atoms with van der Waals surface area (Å²) in [6.07, 6.45) is 6.95. The zero-order valence-electron chi connectivity index (χ0n) is 13.9. The van der Waals surface area contributed by atoms with Crippen molar-refractivity contribution in [3.8, 4) is 5.88 Å². The fraction of sp³-hybridized carbons (Fsp3) is 0.389. The van der Waals surface area contributed by atoms with Gasteiger partial charge >= 0.3 is 0 Å². The normalized spacial score (nSPS) is 16.8. The van der Waals surface area contributed by atoms with Gasteiger partial charge in [-0.3, -0.25) is 0 Å². The van der Waals surface area contributed by atoms with Crippen molar-refractivity contribution in [2.75, 3.05) is 12.4 Å². The Balaban J connectivity index is 1.64. The van der Waals surface area contributed by atoms with Gasteiger partial charge in [-0.15, -0.1) is 11.3 Å². The molecule has 0 amide bonds. The van der Waals surface area contributed by atoms with Crippen LogP contribution in [-0.4, -0.2) is 22.1 Å². The van der Waals surface area contributed by atoms with Gasteiger partial charge in [0.25, 0.3) is 0 Å². The number of anilines is 1. The predicted octanol–water partition coefficient (Wildman–Crippen LogP) is 3.83. The lowest BCUT2D eigenvalue weighted by Crippen LogP contribution is -2.09. The number of hydrogen-bond acceptors (Lipinski definition) is 6. The van der Waals surface area contributed by atoms with Crippen LogP contribution in [0.3, 0.4) is 0 Å². The molecule has 0 aliphatic heterocycles. The molecule has 0 aromatic carbocycles. The number of hydrogen-bond donors (Lipinski definition) is 1. The molecule has 6 heteroatoms. The molecule has 1 unspecified atom stereocenters. The number of aromatic nitrogens is 3. The molecule has 4 rings (SSSR count). The summed E-state index contributed by atoms with van der Waals surface area (Å²) in [5.74, 6) is 2.33. The van der Waals surface area contributed by atoms with E-state index < -0.39 is 0 Å². The Bertz CT molecular complexity index is 877. The lowest BCUT2D eigenvalue weighted by molar-refractivity contribution is 0.397. The van der Waals surface area contributed by atoms with Crippen LogP contribution in [0.15, 0.2) is 24.7 Å². The average molecular weight is 340 g/mol. The molecule has 124 valence electrons. The van der Waals surface area contributed by atoms with Crippen LogP contribution in [0.5, 0.6) is 5.88 Å². The third kappa shape index (κ3) is 2.82. The number of ether oxygens (including phenoxy) is 1. The number of methoxy groups -OCH3 is 1. The lowest BCUT2D eigenvalue weighted by atomic mass is 9.89. The molecule has 0 saturated heterocycles. The summed E-state index contributed by atoms with van der Waals surface area (Å²) < 4.78 is 5.19. The molecule has 1 aliphatic carbocycles. The topological polar surface area (TPSA) is 59.9 Å². The molecule has 5 nitrogen and oxygen atoms in total. The van der Waals surface area contributed by atoms with Crippen molar-refractivity contribution >= 4 is 27.4 Å². The number of rotatable bonds is 4. The quantitative estimate of drug-likeness (QED) is 0.782. The van der Waals surface area contributed by atoms with Crippen LogP contribution in [0, 0.1) is 5.92 Å². The highest BCUT2D eigenvalue weighted by atomic mass is 32.1. The number of pyridine rings is 1. The lowest BCUT2D eigenvalue weighted by Gasteiger charge is -2.18. The van der Waals surface area contributed by atoms with E-state index in [1.54, 1.807) is 19.6 Å². The van der Waals surface area contributed by atoms with Gasteiger partial charge in [0, 0.05) is 23.7 Å². The van der Waals surface area contributed by atoms with Gasteiger partial charge in [0.2, 0.25) is 5.88 Å². The van der Waals surface area contributed by atoms with E-state index in [0.717, 1.165) is 35.0 Å². The van der Waals surface area contributed by atoms with Gasteiger partial charge in [0.1, 0.15) is 17.0 Å². The second-order valence-corrected chi connectivity index (χ2v) is 7.40. The molecule has 1 aliphatic rings. The Morgan fingerprint density at radius 1 is 1.33 bits per heavy atom. The Morgan fingerprint density at radius 2 is 2.25 bits per heavy atom. The van der Waals surface area contributed by atoms with Gasteiger partial charge in [-0.1, -0.05) is 6.92 Å². The predicted molar refractivity (Wildman–Crippen MR) is 96.7 cm³/mol. The molecule has 1 N–H and O–H groups in total. The maximum absolute atomic E-state index is 5.19. The summed E-state index contributed by atoms with van der Waals surface area (Å²) in [5, 5.41) is 4.69. The number of fused-ring (bicyclic) bond motifs is 3. The SMILES string of the molecule is COc1cc(CNc2ncnc3sc4c(c23)CCC(C)C4)ccn1. The Labute approximate surface area is 145 Å². The van der Waals surface area contributed by atoms with Gasteiger partial charge in [-0.05, 0) is 42.4 Å². The van der Waals surface area contributed by atoms with E-state index in [1.165, 1.54) is 22.2 Å². The summed E-state index contributed by atoms with van der Waals surface area (Å²) in [5.41, 5.74) is 2.56. The van der Waals surface area contributed by atoms with Gasteiger partial charge in [-0.25, -0.2) is 15.0 Å². The third-order valence-electron chi connectivity index (χ3n) is 4.56. The molecule has 0 saturated carbocycles. The standard InChI is InChI=1S/C18H20N4OS/c1-11-3-4-13-14(7-11)24-18-16(13)17(21-10-22-18)20-9-12-5-6-19-15(8-12)23-2/h5-6,8,10-11H,3-4,7,9H2,1-2H3,(H,20,21,22). The van der Waals surface area contributed by atoms with Crippen molar-refractivity contribution in [1.82, 2.24) is 15.0 Å². The molecule has 0 fully saturated rings. The second-order valence-electron chi connectivity index (χ2n) is 6.31. The van der Waals surface area contributed by atoms with Crippen LogP contribution in [0.2, 0.25) is 0 Å². The van der Waals surface area contributed by atoms with Crippen molar-refractivity contribution in [2.24, 2.45) is 5.92 Å². The highest BCUT2D eigenvalue weighted by molar-refractivity contribution is 7.19. The number of nitrogens with one attached hydrogen (secondary N) is 1. The smallest absolute Gasteiger partial charge is 0.213 e. The van der Waals surface area contributed by atoms with E-state index in [9.17, 15) is 0 Å². The van der Waals surface area contributed by atoms with Crippen molar-refractivity contribution < 1.29 is 4.74 Å². The molecular weight excluding hydrogens is 320 g/mol. The van der Waals surface area contributed by atoms with Gasteiger partial charge in [-0.2, -0.15) is 0 Å². The van der Waals surface area contributed by atoms with E-state index in [4.69, 9.17) is 4.74 Å². The number of aryl methyl sites for hydroxylation is 1. The largest absolute Gasteiger partial charge is 0.481 e. The average Bonchev–Trinajstić information content (AvgIpc) is 2.98. The van der Waals surface area contributed by atoms with Crippen molar-refractivity contribution in [1.29, 1.82) is 0 Å². The molecule has 0 radical (unpaired) electrons. The Hall–Kier alpha value is -2.21. The monoisotopic (exact) mass is 340 g/mol. The van der Waals surface area contributed by atoms with Gasteiger partial charge in [0.15, 0.2) is 0 Å². The van der Waals surface area contributed by atoms with Crippen LogP contribution in [0.4, 0.5) is 5.82 Å². The maximum Gasteiger partial charge on any atom is 0.213 e. The first-order chi connectivity index (χ1) is 11.7. The summed E-state index contributed by atoms with van der Waals surface area (Å²) in [7, 11) is 1.63. The van der Waals surface area contributed by atoms with Crippen LogP contribution >= 0.6 is 11.3 Å². The molecular formula is C18H20N4OS. The highest BCUT2D eigenvalue weighted by Crippen LogP contribution is 2.39. The first-order valence-electron chi connectivity index (χ1n) is 8.22. The summed E-state index contributed by atoms with van der Waals surface area (Å²) in [6, 6.07) is 3.93. The summed E-state index contributed by atoms with van der Waals surface area (Å²) in [6.45, 7) is 3.01. The van der Waals surface area contributed by atoms with Crippen molar-refractivity contribution in [3.63, 3.8) is 0 Å². The number of nitrogens with zero attached hydrogens (tertiary/aromatic N) is 3. The summed E-state index contributed by atoms with van der Waals surface area (Å²) >= 11 is 1.82. The molecule has 3 aromatic rings. The van der Waals surface area contributed by atoms with Crippen LogP contribution in [0.1, 0.15) is 29.3 Å².